The van der Waals surface area contributed by atoms with Gasteiger partial charge in [0.1, 0.15) is 4.83 Å². The van der Waals surface area contributed by atoms with Crippen molar-refractivity contribution in [2.75, 3.05) is 0 Å². The van der Waals surface area contributed by atoms with E-state index in [2.05, 4.69) is 12.1 Å². The van der Waals surface area contributed by atoms with E-state index in [1.807, 2.05) is 45.0 Å². The molecule has 0 atom stereocenters. The second kappa shape index (κ2) is 6.85. The minimum atomic E-state index is 0.0633. The van der Waals surface area contributed by atoms with Gasteiger partial charge in [0.25, 0.3) is 5.56 Å². The molecule has 0 amide bonds. The van der Waals surface area contributed by atoms with Crippen LogP contribution in [-0.2, 0) is 12.3 Å². The fourth-order valence-electron chi connectivity index (χ4n) is 3.02. The Balaban J connectivity index is 1.70. The van der Waals surface area contributed by atoms with Gasteiger partial charge in [-0.05, 0) is 38.5 Å². The normalized spacial score (nSPS) is 11.5. The number of hydrogen-bond donors (Lipinski definition) is 0. The summed E-state index contributed by atoms with van der Waals surface area (Å²) in [5, 5.41) is 2.67. The van der Waals surface area contributed by atoms with Crippen LogP contribution in [0.15, 0.2) is 46.3 Å². The number of thioether (sulfide) groups is 1. The molecule has 0 aliphatic rings. The Morgan fingerprint density at radius 2 is 1.92 bits per heavy atom. The molecule has 0 N–H and O–H groups in total. The zero-order chi connectivity index (χ0) is 18.3. The Bertz CT molecular complexity index is 1180. The number of thiophene rings is 1. The summed E-state index contributed by atoms with van der Waals surface area (Å²) in [6, 6.07) is 12.2. The van der Waals surface area contributed by atoms with Gasteiger partial charge in [0.05, 0.1) is 16.6 Å². The average Bonchev–Trinajstić information content (AvgIpc) is 2.94. The molecule has 4 nitrogen and oxygen atoms in total. The van der Waals surface area contributed by atoms with Gasteiger partial charge in [0.2, 0.25) is 0 Å². The molecule has 1 aromatic carbocycles. The van der Waals surface area contributed by atoms with Crippen LogP contribution in [0.2, 0.25) is 0 Å². The first-order valence-corrected chi connectivity index (χ1v) is 10.4. The van der Waals surface area contributed by atoms with E-state index in [0.29, 0.717) is 12.3 Å². The highest BCUT2D eigenvalue weighted by molar-refractivity contribution is 7.98. The first-order valence-electron chi connectivity index (χ1n) is 8.56. The summed E-state index contributed by atoms with van der Waals surface area (Å²) in [7, 11) is 0. The maximum atomic E-state index is 12.9. The van der Waals surface area contributed by atoms with Crippen LogP contribution in [0.3, 0.4) is 0 Å². The molecular formula is C20H19N3OS2. The smallest absolute Gasteiger partial charge is 0.263 e. The lowest BCUT2D eigenvalue weighted by Gasteiger charge is -2.10. The van der Waals surface area contributed by atoms with Crippen molar-refractivity contribution in [1.29, 1.82) is 0 Å². The second-order valence-corrected chi connectivity index (χ2v) is 8.34. The monoisotopic (exact) mass is 381 g/mol. The standard InChI is InChI=1S/C20H19N3OS2/c1-4-23-19(24)17-12(2)13(3)26-18(17)22-20(23)25-11-15-10-9-14-7-5-6-8-16(14)21-15/h5-10H,4,11H2,1-3H3. The van der Waals surface area contributed by atoms with Crippen molar-refractivity contribution < 1.29 is 0 Å². The highest BCUT2D eigenvalue weighted by Gasteiger charge is 2.16. The molecule has 132 valence electrons. The molecule has 0 saturated carbocycles. The number of para-hydroxylation sites is 1. The van der Waals surface area contributed by atoms with Crippen molar-refractivity contribution in [3.05, 3.63) is 62.9 Å². The van der Waals surface area contributed by atoms with Gasteiger partial charge in [0, 0.05) is 22.6 Å². The Hall–Kier alpha value is -2.18. The van der Waals surface area contributed by atoms with Crippen LogP contribution in [0.25, 0.3) is 21.1 Å². The van der Waals surface area contributed by atoms with Gasteiger partial charge in [-0.3, -0.25) is 14.3 Å². The summed E-state index contributed by atoms with van der Waals surface area (Å²) in [6.45, 7) is 6.65. The minimum Gasteiger partial charge on any atom is -0.287 e. The lowest BCUT2D eigenvalue weighted by Crippen LogP contribution is -2.22. The molecule has 0 unspecified atom stereocenters. The molecule has 0 saturated heterocycles. The number of aromatic nitrogens is 3. The third-order valence-electron chi connectivity index (χ3n) is 4.58. The number of pyridine rings is 1. The number of fused-ring (bicyclic) bond motifs is 2. The molecule has 4 aromatic rings. The molecule has 26 heavy (non-hydrogen) atoms. The van der Waals surface area contributed by atoms with E-state index in [0.717, 1.165) is 42.4 Å². The van der Waals surface area contributed by atoms with Crippen LogP contribution in [-0.4, -0.2) is 14.5 Å². The van der Waals surface area contributed by atoms with Crippen LogP contribution in [0.4, 0.5) is 0 Å². The predicted octanol–water partition coefficient (Wildman–Crippen LogP) is 4.94. The average molecular weight is 382 g/mol. The van der Waals surface area contributed by atoms with E-state index >= 15 is 0 Å². The minimum absolute atomic E-state index is 0.0633. The van der Waals surface area contributed by atoms with Gasteiger partial charge in [-0.1, -0.05) is 36.0 Å². The molecular weight excluding hydrogens is 362 g/mol. The van der Waals surface area contributed by atoms with Gasteiger partial charge in [0.15, 0.2) is 5.16 Å². The Morgan fingerprint density at radius 3 is 2.73 bits per heavy atom. The molecule has 0 fully saturated rings. The van der Waals surface area contributed by atoms with E-state index in [1.165, 1.54) is 0 Å². The number of rotatable bonds is 4. The molecule has 0 bridgehead atoms. The van der Waals surface area contributed by atoms with Crippen LogP contribution in [0.5, 0.6) is 0 Å². The number of benzene rings is 1. The molecule has 0 aliphatic carbocycles. The molecule has 3 heterocycles. The van der Waals surface area contributed by atoms with Crippen molar-refractivity contribution in [2.24, 2.45) is 0 Å². The third-order valence-corrected chi connectivity index (χ3v) is 6.69. The fraction of sp³-hybridized carbons (Fsp3) is 0.250. The molecule has 4 rings (SSSR count). The summed E-state index contributed by atoms with van der Waals surface area (Å²) in [6.07, 6.45) is 0. The molecule has 0 radical (unpaired) electrons. The summed E-state index contributed by atoms with van der Waals surface area (Å²) in [4.78, 5) is 24.4. The van der Waals surface area contributed by atoms with Gasteiger partial charge >= 0.3 is 0 Å². The van der Waals surface area contributed by atoms with Crippen molar-refractivity contribution in [3.63, 3.8) is 0 Å². The summed E-state index contributed by atoms with van der Waals surface area (Å²) in [5.74, 6) is 0.687. The second-order valence-electron chi connectivity index (χ2n) is 6.19. The molecule has 6 heteroatoms. The van der Waals surface area contributed by atoms with E-state index in [-0.39, 0.29) is 5.56 Å². The van der Waals surface area contributed by atoms with E-state index in [9.17, 15) is 4.79 Å². The van der Waals surface area contributed by atoms with Crippen molar-refractivity contribution >= 4 is 44.2 Å². The van der Waals surface area contributed by atoms with Gasteiger partial charge in [-0.25, -0.2) is 4.98 Å². The van der Waals surface area contributed by atoms with Crippen molar-refractivity contribution in [1.82, 2.24) is 14.5 Å². The molecule has 3 aromatic heterocycles. The van der Waals surface area contributed by atoms with E-state index < -0.39 is 0 Å². The van der Waals surface area contributed by atoms with Gasteiger partial charge in [-0.15, -0.1) is 11.3 Å². The van der Waals surface area contributed by atoms with Gasteiger partial charge < -0.3 is 0 Å². The highest BCUT2D eigenvalue weighted by atomic mass is 32.2. The van der Waals surface area contributed by atoms with E-state index in [1.54, 1.807) is 27.7 Å². The quantitative estimate of drug-likeness (QED) is 0.371. The maximum absolute atomic E-state index is 12.9. The van der Waals surface area contributed by atoms with Crippen LogP contribution >= 0.6 is 23.1 Å². The van der Waals surface area contributed by atoms with Crippen LogP contribution < -0.4 is 5.56 Å². The zero-order valence-electron chi connectivity index (χ0n) is 14.9. The predicted molar refractivity (Wildman–Crippen MR) is 110 cm³/mol. The number of aryl methyl sites for hydroxylation is 2. The zero-order valence-corrected chi connectivity index (χ0v) is 16.6. The first-order chi connectivity index (χ1) is 12.6. The summed E-state index contributed by atoms with van der Waals surface area (Å²) in [5.41, 5.74) is 3.10. The first kappa shape index (κ1) is 17.2. The molecule has 0 spiro atoms. The Labute approximate surface area is 159 Å². The lowest BCUT2D eigenvalue weighted by atomic mass is 10.2. The summed E-state index contributed by atoms with van der Waals surface area (Å²) >= 11 is 3.17. The maximum Gasteiger partial charge on any atom is 0.263 e. The largest absolute Gasteiger partial charge is 0.287 e. The van der Waals surface area contributed by atoms with Crippen molar-refractivity contribution in [2.45, 2.75) is 38.2 Å². The number of nitrogens with zero attached hydrogens (tertiary/aromatic N) is 3. The lowest BCUT2D eigenvalue weighted by molar-refractivity contribution is 0.635. The number of hydrogen-bond acceptors (Lipinski definition) is 5. The third kappa shape index (κ3) is 2.93. The van der Waals surface area contributed by atoms with Crippen LogP contribution in [0, 0.1) is 13.8 Å². The van der Waals surface area contributed by atoms with Crippen LogP contribution in [0.1, 0.15) is 23.1 Å². The topological polar surface area (TPSA) is 47.8 Å². The van der Waals surface area contributed by atoms with Crippen molar-refractivity contribution in [3.8, 4) is 0 Å². The Morgan fingerprint density at radius 1 is 1.12 bits per heavy atom. The fourth-order valence-corrected chi connectivity index (χ4v) is 5.06. The SMILES string of the molecule is CCn1c(SCc2ccc3ccccc3n2)nc2sc(C)c(C)c2c1=O. The Kier molecular flexibility index (Phi) is 4.54. The molecule has 0 aliphatic heterocycles. The van der Waals surface area contributed by atoms with E-state index in [4.69, 9.17) is 9.97 Å². The summed E-state index contributed by atoms with van der Waals surface area (Å²) < 4.78 is 1.77. The van der Waals surface area contributed by atoms with Gasteiger partial charge in [-0.2, -0.15) is 0 Å². The highest BCUT2D eigenvalue weighted by Crippen LogP contribution is 2.29.